The van der Waals surface area contributed by atoms with Crippen LogP contribution in [-0.4, -0.2) is 11.0 Å². The maximum absolute atomic E-state index is 13.7. The van der Waals surface area contributed by atoms with Gasteiger partial charge in [-0.15, -0.1) is 0 Å². The molecule has 0 aliphatic heterocycles. The zero-order chi connectivity index (χ0) is 18.5. The minimum absolute atomic E-state index is 0.0453. The molecule has 0 aliphatic carbocycles. The van der Waals surface area contributed by atoms with E-state index in [4.69, 9.17) is 20.8 Å². The van der Waals surface area contributed by atoms with Gasteiger partial charge in [0.05, 0.1) is 5.02 Å². The molecule has 0 saturated carbocycles. The highest BCUT2D eigenvalue weighted by molar-refractivity contribution is 6.32. The molecule has 1 aromatic heterocycles. The van der Waals surface area contributed by atoms with Crippen molar-refractivity contribution in [1.29, 1.82) is 0 Å². The number of halogens is 2. The molecule has 3 aromatic rings. The predicted molar refractivity (Wildman–Crippen MR) is 96.9 cm³/mol. The highest BCUT2D eigenvalue weighted by atomic mass is 35.5. The molecule has 0 amide bonds. The lowest BCUT2D eigenvalue weighted by molar-refractivity contribution is -0.139. The lowest BCUT2D eigenvalue weighted by Gasteiger charge is -2.01. The number of esters is 1. The number of benzene rings is 2. The number of nitrogens with zero attached hydrogens (tertiary/aromatic N) is 1. The van der Waals surface area contributed by atoms with Crippen molar-refractivity contribution in [2.75, 3.05) is 0 Å². The Morgan fingerprint density at radius 2 is 2.00 bits per heavy atom. The van der Waals surface area contributed by atoms with Gasteiger partial charge < -0.3 is 9.15 Å². The summed E-state index contributed by atoms with van der Waals surface area (Å²) in [6, 6.07) is 13.7. The fourth-order valence-electron chi connectivity index (χ4n) is 2.28. The van der Waals surface area contributed by atoms with Gasteiger partial charge in [-0.05, 0) is 37.3 Å². The van der Waals surface area contributed by atoms with Crippen molar-refractivity contribution in [2.45, 2.75) is 13.5 Å². The molecule has 0 bridgehead atoms. The predicted octanol–water partition coefficient (Wildman–Crippen LogP) is 5.20. The number of ether oxygens (including phenoxy) is 1. The summed E-state index contributed by atoms with van der Waals surface area (Å²) in [5, 5.41) is 0.217. The van der Waals surface area contributed by atoms with Gasteiger partial charge in [0.1, 0.15) is 23.9 Å². The second kappa shape index (κ2) is 7.97. The molecule has 132 valence electrons. The zero-order valence-corrected chi connectivity index (χ0v) is 14.7. The van der Waals surface area contributed by atoms with E-state index < -0.39 is 11.8 Å². The van der Waals surface area contributed by atoms with Gasteiger partial charge in [0.2, 0.25) is 5.89 Å². The van der Waals surface area contributed by atoms with Gasteiger partial charge in [-0.1, -0.05) is 35.9 Å². The first-order valence-electron chi connectivity index (χ1n) is 7.85. The summed E-state index contributed by atoms with van der Waals surface area (Å²) in [6.45, 7) is 1.70. The Kier molecular flexibility index (Phi) is 5.49. The van der Waals surface area contributed by atoms with Gasteiger partial charge in [0.25, 0.3) is 0 Å². The van der Waals surface area contributed by atoms with Crippen molar-refractivity contribution in [3.8, 4) is 11.5 Å². The van der Waals surface area contributed by atoms with E-state index in [1.54, 1.807) is 13.0 Å². The minimum Gasteiger partial charge on any atom is -0.456 e. The van der Waals surface area contributed by atoms with Crippen molar-refractivity contribution in [1.82, 2.24) is 4.98 Å². The van der Waals surface area contributed by atoms with Crippen LogP contribution in [0.5, 0.6) is 0 Å². The molecule has 0 spiro atoms. The van der Waals surface area contributed by atoms with Crippen LogP contribution >= 0.6 is 11.6 Å². The van der Waals surface area contributed by atoms with Crippen molar-refractivity contribution in [3.63, 3.8) is 0 Å². The Morgan fingerprint density at radius 1 is 1.23 bits per heavy atom. The van der Waals surface area contributed by atoms with Crippen molar-refractivity contribution in [2.24, 2.45) is 0 Å². The van der Waals surface area contributed by atoms with E-state index in [9.17, 15) is 9.18 Å². The van der Waals surface area contributed by atoms with E-state index in [-0.39, 0.29) is 17.2 Å². The molecule has 3 rings (SSSR count). The summed E-state index contributed by atoms with van der Waals surface area (Å²) in [4.78, 5) is 16.2. The van der Waals surface area contributed by atoms with E-state index in [2.05, 4.69) is 4.98 Å². The van der Waals surface area contributed by atoms with Gasteiger partial charge in [0.15, 0.2) is 0 Å². The molecule has 0 radical (unpaired) electrons. The number of rotatable bonds is 5. The quantitative estimate of drug-likeness (QED) is 0.457. The van der Waals surface area contributed by atoms with E-state index in [1.165, 1.54) is 18.2 Å². The number of aromatic nitrogens is 1. The highest BCUT2D eigenvalue weighted by Gasteiger charge is 2.12. The molecule has 0 unspecified atom stereocenters. The summed E-state index contributed by atoms with van der Waals surface area (Å²) in [5.41, 5.74) is 1.49. The molecule has 0 saturated heterocycles. The Labute approximate surface area is 154 Å². The monoisotopic (exact) mass is 371 g/mol. The lowest BCUT2D eigenvalue weighted by atomic mass is 10.2. The Morgan fingerprint density at radius 3 is 2.73 bits per heavy atom. The fourth-order valence-corrected chi connectivity index (χ4v) is 2.50. The van der Waals surface area contributed by atoms with Crippen LogP contribution in [0.1, 0.15) is 17.0 Å². The molecule has 6 heteroatoms. The van der Waals surface area contributed by atoms with Crippen molar-refractivity contribution < 1.29 is 18.3 Å². The first kappa shape index (κ1) is 17.9. The number of oxazole rings is 1. The van der Waals surface area contributed by atoms with Crippen LogP contribution in [0, 0.1) is 12.7 Å². The molecule has 2 aromatic carbocycles. The van der Waals surface area contributed by atoms with Crippen molar-refractivity contribution in [3.05, 3.63) is 82.5 Å². The van der Waals surface area contributed by atoms with Gasteiger partial charge in [-0.25, -0.2) is 14.2 Å². The summed E-state index contributed by atoms with van der Waals surface area (Å²) in [6.07, 6.45) is 2.41. The average Bonchev–Trinajstić information content (AvgIpc) is 3.01. The summed E-state index contributed by atoms with van der Waals surface area (Å²) in [7, 11) is 0. The van der Waals surface area contributed by atoms with Crippen LogP contribution in [0.2, 0.25) is 5.02 Å². The van der Waals surface area contributed by atoms with Gasteiger partial charge in [-0.3, -0.25) is 0 Å². The molecule has 0 fully saturated rings. The third-order valence-corrected chi connectivity index (χ3v) is 3.98. The maximum atomic E-state index is 13.7. The Bertz CT molecular complexity index is 931. The van der Waals surface area contributed by atoms with Crippen LogP contribution in [0.4, 0.5) is 4.39 Å². The standard InChI is InChI=1S/C20H15ClFNO3/c1-13-18(23-20(26-13)14-6-3-2-4-7-14)12-25-19(24)11-10-15-16(21)8-5-9-17(15)22/h2-11H,12H2,1H3/b11-10-. The van der Waals surface area contributed by atoms with Crippen LogP contribution in [0.3, 0.4) is 0 Å². The Hall–Kier alpha value is -2.92. The second-order valence-corrected chi connectivity index (χ2v) is 5.87. The van der Waals surface area contributed by atoms with Crippen LogP contribution < -0.4 is 0 Å². The smallest absolute Gasteiger partial charge is 0.331 e. The van der Waals surface area contributed by atoms with E-state index >= 15 is 0 Å². The number of carbonyl (C=O) groups is 1. The van der Waals surface area contributed by atoms with Crippen molar-refractivity contribution >= 4 is 23.6 Å². The second-order valence-electron chi connectivity index (χ2n) is 5.46. The topological polar surface area (TPSA) is 52.3 Å². The molecular weight excluding hydrogens is 357 g/mol. The summed E-state index contributed by atoms with van der Waals surface area (Å²) < 4.78 is 24.4. The largest absolute Gasteiger partial charge is 0.456 e. The first-order chi connectivity index (χ1) is 12.5. The van der Waals surface area contributed by atoms with Gasteiger partial charge in [0, 0.05) is 17.2 Å². The number of aryl methyl sites for hydroxylation is 1. The van der Waals surface area contributed by atoms with Crippen LogP contribution in [0.15, 0.2) is 59.0 Å². The minimum atomic E-state index is -0.631. The number of hydrogen-bond acceptors (Lipinski definition) is 4. The third kappa shape index (κ3) is 4.18. The highest BCUT2D eigenvalue weighted by Crippen LogP contribution is 2.22. The molecule has 0 atom stereocenters. The Balaban J connectivity index is 1.65. The maximum Gasteiger partial charge on any atom is 0.331 e. The molecule has 0 N–H and O–H groups in total. The molecular formula is C20H15ClFNO3. The third-order valence-electron chi connectivity index (χ3n) is 3.65. The first-order valence-corrected chi connectivity index (χ1v) is 8.23. The molecule has 4 nitrogen and oxygen atoms in total. The SMILES string of the molecule is Cc1oc(-c2ccccc2)nc1COC(=O)/C=C\c1c(F)cccc1Cl. The van der Waals surface area contributed by atoms with E-state index in [0.717, 1.165) is 11.6 Å². The molecule has 0 aliphatic rings. The van der Waals surface area contributed by atoms with Gasteiger partial charge in [-0.2, -0.15) is 0 Å². The fraction of sp³-hybridized carbons (Fsp3) is 0.100. The summed E-state index contributed by atoms with van der Waals surface area (Å²) >= 11 is 5.90. The van der Waals surface area contributed by atoms with Crippen LogP contribution in [0.25, 0.3) is 17.5 Å². The van der Waals surface area contributed by atoms with E-state index in [0.29, 0.717) is 17.3 Å². The number of carbonyl (C=O) groups excluding carboxylic acids is 1. The average molecular weight is 372 g/mol. The molecule has 1 heterocycles. The van der Waals surface area contributed by atoms with Gasteiger partial charge >= 0.3 is 5.97 Å². The lowest BCUT2D eigenvalue weighted by Crippen LogP contribution is -2.02. The summed E-state index contributed by atoms with van der Waals surface area (Å²) in [5.74, 6) is -0.116. The zero-order valence-electron chi connectivity index (χ0n) is 13.9. The molecule has 26 heavy (non-hydrogen) atoms. The normalized spacial score (nSPS) is 11.0. The number of hydrogen-bond donors (Lipinski definition) is 0. The van der Waals surface area contributed by atoms with Crippen LogP contribution in [-0.2, 0) is 16.1 Å². The van der Waals surface area contributed by atoms with E-state index in [1.807, 2.05) is 30.3 Å².